The van der Waals surface area contributed by atoms with Crippen molar-refractivity contribution in [3.8, 4) is 5.75 Å². The van der Waals surface area contributed by atoms with Crippen molar-refractivity contribution in [1.29, 1.82) is 0 Å². The van der Waals surface area contributed by atoms with Gasteiger partial charge in [0, 0.05) is 19.6 Å². The first kappa shape index (κ1) is 30.7. The number of sulfonamides is 1. The van der Waals surface area contributed by atoms with E-state index in [9.17, 15) is 18.0 Å². The summed E-state index contributed by atoms with van der Waals surface area (Å²) in [5.41, 5.74) is 2.69. The monoisotopic (exact) mass is 613 g/mol. The van der Waals surface area contributed by atoms with E-state index in [1.54, 1.807) is 36.3 Å². The van der Waals surface area contributed by atoms with E-state index >= 15 is 0 Å². The molecule has 4 aromatic rings. The van der Waals surface area contributed by atoms with Gasteiger partial charge >= 0.3 is 0 Å². The quantitative estimate of drug-likeness (QED) is 0.143. The molecule has 1 fully saturated rings. The van der Waals surface area contributed by atoms with Gasteiger partial charge in [-0.15, -0.1) is 0 Å². The Morgan fingerprint density at radius 3 is 2.57 bits per heavy atom. The number of nitrogens with one attached hydrogen (secondary N) is 1. The van der Waals surface area contributed by atoms with Gasteiger partial charge in [-0.2, -0.15) is 9.41 Å². The third-order valence-corrected chi connectivity index (χ3v) is 9.52. The summed E-state index contributed by atoms with van der Waals surface area (Å²) in [6, 6.07) is 26.2. The number of methoxy groups -OCH3 is 1. The minimum Gasteiger partial charge on any atom is -0.497 e. The van der Waals surface area contributed by atoms with Gasteiger partial charge in [-0.1, -0.05) is 60.7 Å². The van der Waals surface area contributed by atoms with Crippen molar-refractivity contribution in [2.75, 3.05) is 26.7 Å². The standard InChI is InChI=1S/C33H35N5O5S/c1-43-29-12-10-27-11-13-30(20-28(27)19-29)44(41,42)38(23-32(39)35-16-14-24-6-3-2-4-7-24)31-15-17-37(33(31)40)22-26-9-5-8-25(18-26)21-36-34/h2-13,18-21,31H,14-17,22-23,34H2,1H3,(H,35,39)/t31-/m0/s1. The normalized spacial score (nSPS) is 15.4. The van der Waals surface area contributed by atoms with Crippen LogP contribution in [0.4, 0.5) is 0 Å². The number of carbonyl (C=O) groups is 2. The lowest BCUT2D eigenvalue weighted by molar-refractivity contribution is -0.131. The van der Waals surface area contributed by atoms with Gasteiger partial charge in [-0.05, 0) is 70.6 Å². The highest BCUT2D eigenvalue weighted by Crippen LogP contribution is 2.29. The number of rotatable bonds is 12. The molecule has 0 aromatic heterocycles. The Balaban J connectivity index is 1.40. The molecule has 0 unspecified atom stereocenters. The zero-order chi connectivity index (χ0) is 31.1. The van der Waals surface area contributed by atoms with Crippen LogP contribution < -0.4 is 15.9 Å². The Hall–Kier alpha value is -4.74. The molecule has 44 heavy (non-hydrogen) atoms. The number of hydrogen-bond donors (Lipinski definition) is 2. The van der Waals surface area contributed by atoms with Crippen LogP contribution in [-0.4, -0.2) is 68.4 Å². The fraction of sp³-hybridized carbons (Fsp3) is 0.242. The summed E-state index contributed by atoms with van der Waals surface area (Å²) < 4.78 is 34.8. The van der Waals surface area contributed by atoms with Gasteiger partial charge < -0.3 is 20.8 Å². The van der Waals surface area contributed by atoms with Crippen LogP contribution in [0.15, 0.2) is 101 Å². The number of hydrazone groups is 1. The summed E-state index contributed by atoms with van der Waals surface area (Å²) in [6.07, 6.45) is 2.36. The molecule has 5 rings (SSSR count). The number of benzene rings is 4. The molecule has 2 amide bonds. The molecular weight excluding hydrogens is 578 g/mol. The van der Waals surface area contributed by atoms with Gasteiger partial charge in [-0.3, -0.25) is 9.59 Å². The summed E-state index contributed by atoms with van der Waals surface area (Å²) >= 11 is 0. The van der Waals surface area contributed by atoms with Gasteiger partial charge in [0.15, 0.2) is 0 Å². The SMILES string of the molecule is COc1ccc2ccc(S(=O)(=O)N(CC(=O)NCCc3ccccc3)[C@H]3CCN(Cc4cccc(C=NN)c4)C3=O)cc2c1. The molecule has 1 saturated heterocycles. The van der Waals surface area contributed by atoms with Gasteiger partial charge in [0.05, 0.1) is 24.8 Å². The third kappa shape index (κ3) is 7.07. The number of hydrogen-bond acceptors (Lipinski definition) is 7. The lowest BCUT2D eigenvalue weighted by Crippen LogP contribution is -2.49. The van der Waals surface area contributed by atoms with Crippen molar-refractivity contribution >= 4 is 38.8 Å². The maximum atomic E-state index is 14.2. The van der Waals surface area contributed by atoms with Crippen LogP contribution in [-0.2, 0) is 32.6 Å². The molecule has 0 saturated carbocycles. The molecular formula is C33H35N5O5S. The molecule has 4 aromatic carbocycles. The lowest BCUT2D eigenvalue weighted by atomic mass is 10.1. The second-order valence-corrected chi connectivity index (χ2v) is 12.5. The number of likely N-dealkylation sites (tertiary alicyclic amines) is 1. The molecule has 0 spiro atoms. The van der Waals surface area contributed by atoms with Crippen molar-refractivity contribution in [3.05, 3.63) is 108 Å². The van der Waals surface area contributed by atoms with E-state index in [1.165, 1.54) is 12.3 Å². The molecule has 1 heterocycles. The van der Waals surface area contributed by atoms with E-state index < -0.39 is 28.5 Å². The molecule has 0 bridgehead atoms. The highest BCUT2D eigenvalue weighted by molar-refractivity contribution is 7.89. The highest BCUT2D eigenvalue weighted by atomic mass is 32.2. The number of nitrogens with two attached hydrogens (primary N) is 1. The van der Waals surface area contributed by atoms with Crippen LogP contribution in [0.5, 0.6) is 5.75 Å². The maximum absolute atomic E-state index is 14.2. The zero-order valence-electron chi connectivity index (χ0n) is 24.4. The van der Waals surface area contributed by atoms with Crippen molar-refractivity contribution in [2.24, 2.45) is 10.9 Å². The second kappa shape index (κ2) is 13.7. The van der Waals surface area contributed by atoms with Crippen molar-refractivity contribution < 1.29 is 22.7 Å². The fourth-order valence-electron chi connectivity index (χ4n) is 5.40. The van der Waals surface area contributed by atoms with Crippen LogP contribution in [0.1, 0.15) is 23.1 Å². The Morgan fingerprint density at radius 2 is 1.80 bits per heavy atom. The summed E-state index contributed by atoms with van der Waals surface area (Å²) in [7, 11) is -2.72. The third-order valence-electron chi connectivity index (χ3n) is 7.67. The summed E-state index contributed by atoms with van der Waals surface area (Å²) in [4.78, 5) is 28.5. The number of fused-ring (bicyclic) bond motifs is 1. The van der Waals surface area contributed by atoms with Gasteiger partial charge in [0.25, 0.3) is 0 Å². The van der Waals surface area contributed by atoms with Gasteiger partial charge in [0.2, 0.25) is 21.8 Å². The Bertz CT molecular complexity index is 1780. The Morgan fingerprint density at radius 1 is 1.02 bits per heavy atom. The average Bonchev–Trinajstić information content (AvgIpc) is 3.38. The topological polar surface area (TPSA) is 134 Å². The van der Waals surface area contributed by atoms with Crippen LogP contribution in [0, 0.1) is 0 Å². The van der Waals surface area contributed by atoms with E-state index in [4.69, 9.17) is 10.6 Å². The van der Waals surface area contributed by atoms with Crippen LogP contribution in [0.2, 0.25) is 0 Å². The molecule has 0 radical (unpaired) electrons. The first-order valence-electron chi connectivity index (χ1n) is 14.3. The van der Waals surface area contributed by atoms with Crippen molar-refractivity contribution in [3.63, 3.8) is 0 Å². The number of ether oxygens (including phenoxy) is 1. The summed E-state index contributed by atoms with van der Waals surface area (Å²) in [6.45, 7) is 0.476. The Kier molecular flexibility index (Phi) is 9.56. The lowest BCUT2D eigenvalue weighted by Gasteiger charge is -2.27. The molecule has 3 N–H and O–H groups in total. The average molecular weight is 614 g/mol. The van der Waals surface area contributed by atoms with E-state index in [-0.39, 0.29) is 23.8 Å². The minimum absolute atomic E-state index is 0.00429. The summed E-state index contributed by atoms with van der Waals surface area (Å²) in [5.74, 6) is 5.04. The molecule has 1 aliphatic rings. The van der Waals surface area contributed by atoms with E-state index in [1.807, 2.05) is 60.7 Å². The maximum Gasteiger partial charge on any atom is 0.244 e. The molecule has 10 nitrogen and oxygen atoms in total. The Labute approximate surface area is 257 Å². The molecule has 11 heteroatoms. The molecule has 1 aliphatic heterocycles. The van der Waals surface area contributed by atoms with Crippen molar-refractivity contribution in [2.45, 2.75) is 30.3 Å². The second-order valence-electron chi connectivity index (χ2n) is 10.6. The predicted molar refractivity (Wildman–Crippen MR) is 170 cm³/mol. The highest BCUT2D eigenvalue weighted by Gasteiger charge is 2.42. The largest absolute Gasteiger partial charge is 0.497 e. The van der Waals surface area contributed by atoms with Crippen molar-refractivity contribution in [1.82, 2.24) is 14.5 Å². The van der Waals surface area contributed by atoms with Crippen LogP contribution in [0.3, 0.4) is 0 Å². The smallest absolute Gasteiger partial charge is 0.244 e. The molecule has 228 valence electrons. The van der Waals surface area contributed by atoms with E-state index in [0.717, 1.165) is 26.4 Å². The number of carbonyl (C=O) groups excluding carboxylic acids is 2. The van der Waals surface area contributed by atoms with Crippen LogP contribution >= 0.6 is 0 Å². The van der Waals surface area contributed by atoms with E-state index in [2.05, 4.69) is 10.4 Å². The van der Waals surface area contributed by atoms with Crippen LogP contribution in [0.25, 0.3) is 10.8 Å². The molecule has 0 aliphatic carbocycles. The number of nitrogens with zero attached hydrogens (tertiary/aromatic N) is 3. The zero-order valence-corrected chi connectivity index (χ0v) is 25.2. The fourth-order valence-corrected chi connectivity index (χ4v) is 7.01. The van der Waals surface area contributed by atoms with Gasteiger partial charge in [-0.25, -0.2) is 8.42 Å². The first-order chi connectivity index (χ1) is 21.3. The predicted octanol–water partition coefficient (Wildman–Crippen LogP) is 3.29. The van der Waals surface area contributed by atoms with E-state index in [0.29, 0.717) is 30.6 Å². The van der Waals surface area contributed by atoms with Gasteiger partial charge in [0.1, 0.15) is 11.8 Å². The number of amides is 2. The minimum atomic E-state index is -4.26. The first-order valence-corrected chi connectivity index (χ1v) is 15.7. The molecule has 1 atom stereocenters. The summed E-state index contributed by atoms with van der Waals surface area (Å²) in [5, 5.41) is 7.88.